The molecule has 1 nitrogen and oxygen atoms in total. The second kappa shape index (κ2) is 3.58. The molecular weight excluding hydrogens is 164 g/mol. The highest BCUT2D eigenvalue weighted by molar-refractivity contribution is 6.00. The van der Waals surface area contributed by atoms with Crippen LogP contribution in [0.25, 0.3) is 6.08 Å². The largest absolute Gasteiger partial charge is 0.553 e. The number of hydrogen-bond acceptors (Lipinski definition) is 1. The van der Waals surface area contributed by atoms with Gasteiger partial charge < -0.3 is 4.43 Å². The van der Waals surface area contributed by atoms with Crippen LogP contribution in [0, 0.1) is 13.8 Å². The maximum absolute atomic E-state index is 5.42. The van der Waals surface area contributed by atoms with Crippen LogP contribution in [-0.2, 0) is 0 Å². The van der Waals surface area contributed by atoms with Crippen LogP contribution < -0.4 is 4.43 Å². The molecular formula is C10H14OSi. The fraction of sp³-hybridized carbons (Fsp3) is 0.200. The molecule has 12 heavy (non-hydrogen) atoms. The van der Waals surface area contributed by atoms with Gasteiger partial charge in [0.25, 0.3) is 0 Å². The van der Waals surface area contributed by atoms with E-state index in [0.717, 1.165) is 21.8 Å². The number of benzene rings is 1. The highest BCUT2D eigenvalue weighted by atomic mass is 28.2. The van der Waals surface area contributed by atoms with Gasteiger partial charge in [-0.25, -0.2) is 0 Å². The summed E-state index contributed by atoms with van der Waals surface area (Å²) in [6, 6.07) is 4.14. The molecule has 0 unspecified atom stereocenters. The normalized spacial score (nSPS) is 9.83. The molecule has 0 fully saturated rings. The van der Waals surface area contributed by atoms with Crippen LogP contribution >= 0.6 is 0 Å². The topological polar surface area (TPSA) is 9.23 Å². The molecule has 1 rings (SSSR count). The van der Waals surface area contributed by atoms with Crippen molar-refractivity contribution in [3.05, 3.63) is 35.4 Å². The first-order valence-corrected chi connectivity index (χ1v) is 4.79. The van der Waals surface area contributed by atoms with Gasteiger partial charge in [0.15, 0.2) is 0 Å². The molecule has 0 heterocycles. The average Bonchev–Trinajstić information content (AvgIpc) is 2.09. The summed E-state index contributed by atoms with van der Waals surface area (Å²) in [4.78, 5) is 0. The highest BCUT2D eigenvalue weighted by Gasteiger charge is 2.03. The van der Waals surface area contributed by atoms with E-state index in [1.54, 1.807) is 0 Å². The molecule has 0 spiro atoms. The molecule has 0 saturated heterocycles. The number of hydrogen-bond donors (Lipinski definition) is 0. The Morgan fingerprint density at radius 3 is 2.58 bits per heavy atom. The van der Waals surface area contributed by atoms with Gasteiger partial charge in [-0.2, -0.15) is 0 Å². The van der Waals surface area contributed by atoms with Gasteiger partial charge in [-0.1, -0.05) is 24.8 Å². The molecule has 0 radical (unpaired) electrons. The minimum atomic E-state index is 0.728. The molecule has 0 saturated carbocycles. The van der Waals surface area contributed by atoms with E-state index in [9.17, 15) is 0 Å². The Labute approximate surface area is 76.6 Å². The molecule has 64 valence electrons. The van der Waals surface area contributed by atoms with Gasteiger partial charge in [0.2, 0.25) is 10.5 Å². The quantitative estimate of drug-likeness (QED) is 0.625. The first-order valence-electron chi connectivity index (χ1n) is 3.97. The lowest BCUT2D eigenvalue weighted by atomic mass is 10.0. The summed E-state index contributed by atoms with van der Waals surface area (Å²) >= 11 is 0. The van der Waals surface area contributed by atoms with E-state index >= 15 is 0 Å². The predicted molar refractivity (Wildman–Crippen MR) is 56.6 cm³/mol. The summed E-state index contributed by atoms with van der Waals surface area (Å²) in [6.07, 6.45) is 1.83. The number of aryl methyl sites for hydroxylation is 1. The van der Waals surface area contributed by atoms with Crippen molar-refractivity contribution >= 4 is 16.6 Å². The van der Waals surface area contributed by atoms with Crippen molar-refractivity contribution in [2.75, 3.05) is 0 Å². The maximum atomic E-state index is 5.42. The van der Waals surface area contributed by atoms with Gasteiger partial charge in [0.1, 0.15) is 5.75 Å². The first-order chi connectivity index (χ1) is 5.70. The van der Waals surface area contributed by atoms with Crippen LogP contribution in [0.5, 0.6) is 5.75 Å². The molecule has 0 N–H and O–H groups in total. The molecule has 1 aromatic rings. The Morgan fingerprint density at radius 2 is 2.08 bits per heavy atom. The van der Waals surface area contributed by atoms with Crippen molar-refractivity contribution in [2.45, 2.75) is 13.8 Å². The zero-order chi connectivity index (χ0) is 9.14. The van der Waals surface area contributed by atoms with Crippen LogP contribution in [0.3, 0.4) is 0 Å². The third kappa shape index (κ3) is 1.43. The van der Waals surface area contributed by atoms with E-state index in [1.165, 1.54) is 11.1 Å². The van der Waals surface area contributed by atoms with E-state index in [1.807, 2.05) is 12.1 Å². The van der Waals surface area contributed by atoms with Crippen LogP contribution in [0.2, 0.25) is 0 Å². The lowest BCUT2D eigenvalue weighted by molar-refractivity contribution is 0.608. The monoisotopic (exact) mass is 178 g/mol. The number of rotatable bonds is 2. The molecule has 0 aliphatic heterocycles. The minimum absolute atomic E-state index is 0.728. The van der Waals surface area contributed by atoms with Gasteiger partial charge in [-0.05, 0) is 25.0 Å². The lowest BCUT2D eigenvalue weighted by Crippen LogP contribution is -1.94. The summed E-state index contributed by atoms with van der Waals surface area (Å²) in [6.45, 7) is 7.91. The first kappa shape index (κ1) is 9.07. The lowest BCUT2D eigenvalue weighted by Gasteiger charge is -2.11. The molecule has 2 heteroatoms. The van der Waals surface area contributed by atoms with E-state index in [0.29, 0.717) is 0 Å². The van der Waals surface area contributed by atoms with Crippen LogP contribution in [0.15, 0.2) is 18.7 Å². The highest BCUT2D eigenvalue weighted by Crippen LogP contribution is 2.26. The molecule has 0 aliphatic rings. The minimum Gasteiger partial charge on any atom is -0.553 e. The summed E-state index contributed by atoms with van der Waals surface area (Å²) < 4.78 is 5.42. The molecule has 0 aliphatic carbocycles. The Hall–Kier alpha value is -1.02. The zero-order valence-corrected chi connectivity index (χ0v) is 9.85. The molecule has 0 aromatic heterocycles. The van der Waals surface area contributed by atoms with Gasteiger partial charge in [-0.15, -0.1) is 0 Å². The summed E-state index contributed by atoms with van der Waals surface area (Å²) in [7, 11) is 0.728. The van der Waals surface area contributed by atoms with Crippen molar-refractivity contribution in [3.63, 3.8) is 0 Å². The van der Waals surface area contributed by atoms with Crippen molar-refractivity contribution < 1.29 is 4.43 Å². The third-order valence-electron chi connectivity index (χ3n) is 2.13. The summed E-state index contributed by atoms with van der Waals surface area (Å²) in [5, 5.41) is 0. The van der Waals surface area contributed by atoms with Crippen LogP contribution in [0.1, 0.15) is 16.7 Å². The van der Waals surface area contributed by atoms with Gasteiger partial charge in [0.05, 0.1) is 0 Å². The Morgan fingerprint density at radius 1 is 1.42 bits per heavy atom. The SMILES string of the molecule is C=Cc1ccc(C)c(C)c1O[SiH3]. The van der Waals surface area contributed by atoms with Crippen LogP contribution in [0.4, 0.5) is 0 Å². The van der Waals surface area contributed by atoms with Crippen molar-refractivity contribution in [1.29, 1.82) is 0 Å². The summed E-state index contributed by atoms with van der Waals surface area (Å²) in [5.74, 6) is 0.997. The summed E-state index contributed by atoms with van der Waals surface area (Å²) in [5.41, 5.74) is 3.59. The smallest absolute Gasteiger partial charge is 0.204 e. The second-order valence-corrected chi connectivity index (χ2v) is 3.24. The van der Waals surface area contributed by atoms with Crippen molar-refractivity contribution in [1.82, 2.24) is 0 Å². The van der Waals surface area contributed by atoms with E-state index in [2.05, 4.69) is 26.5 Å². The third-order valence-corrected chi connectivity index (χ3v) is 2.54. The van der Waals surface area contributed by atoms with Crippen molar-refractivity contribution in [3.8, 4) is 5.75 Å². The Balaban J connectivity index is 3.35. The van der Waals surface area contributed by atoms with Crippen molar-refractivity contribution in [2.24, 2.45) is 0 Å². The van der Waals surface area contributed by atoms with Crippen LogP contribution in [-0.4, -0.2) is 10.5 Å². The fourth-order valence-electron chi connectivity index (χ4n) is 1.24. The molecule has 0 amide bonds. The van der Waals surface area contributed by atoms with E-state index < -0.39 is 0 Å². The van der Waals surface area contributed by atoms with E-state index in [4.69, 9.17) is 4.43 Å². The molecule has 0 bridgehead atoms. The molecule has 0 atom stereocenters. The predicted octanol–water partition coefficient (Wildman–Crippen LogP) is 1.61. The van der Waals surface area contributed by atoms with E-state index in [-0.39, 0.29) is 0 Å². The average molecular weight is 178 g/mol. The van der Waals surface area contributed by atoms with Gasteiger partial charge in [0, 0.05) is 5.56 Å². The Bertz CT molecular complexity index is 305. The maximum Gasteiger partial charge on any atom is 0.204 e. The second-order valence-electron chi connectivity index (χ2n) is 2.83. The standard InChI is InChI=1S/C10H14OSi/c1-4-9-6-5-7(2)8(3)10(9)11-12/h4-6H,1H2,2-3,12H3. The van der Waals surface area contributed by atoms with Gasteiger partial charge in [-0.3, -0.25) is 0 Å². The van der Waals surface area contributed by atoms with Gasteiger partial charge >= 0.3 is 0 Å². The zero-order valence-electron chi connectivity index (χ0n) is 7.85. The molecule has 1 aromatic carbocycles. The fourth-order valence-corrected chi connectivity index (χ4v) is 1.78. The Kier molecular flexibility index (Phi) is 2.71.